The third-order valence-corrected chi connectivity index (χ3v) is 6.02. The molecule has 0 atom stereocenters. The van der Waals surface area contributed by atoms with Gasteiger partial charge >= 0.3 is 0 Å². The van der Waals surface area contributed by atoms with Gasteiger partial charge in [-0.05, 0) is 54.5 Å². The van der Waals surface area contributed by atoms with Crippen LogP contribution in [-0.2, 0) is 5.75 Å². The fourth-order valence-corrected chi connectivity index (χ4v) is 4.12. The maximum atomic E-state index is 13.1. The number of benzene rings is 2. The van der Waals surface area contributed by atoms with Crippen LogP contribution in [0.2, 0.25) is 0 Å². The molecule has 0 aliphatic heterocycles. The molecular formula is C23H24N8O4S. The van der Waals surface area contributed by atoms with Crippen LogP contribution in [0.15, 0.2) is 63.2 Å². The maximum Gasteiger partial charge on any atom is 0.293 e. The van der Waals surface area contributed by atoms with E-state index >= 15 is 0 Å². The van der Waals surface area contributed by atoms with E-state index in [4.69, 9.17) is 19.8 Å². The average molecular weight is 509 g/mol. The molecule has 0 aliphatic carbocycles. The van der Waals surface area contributed by atoms with Crippen LogP contribution in [0.1, 0.15) is 35.6 Å². The van der Waals surface area contributed by atoms with Crippen molar-refractivity contribution in [3.05, 3.63) is 65.5 Å². The molecule has 4 rings (SSSR count). The van der Waals surface area contributed by atoms with Gasteiger partial charge in [0.1, 0.15) is 0 Å². The highest BCUT2D eigenvalue weighted by atomic mass is 32.2. The summed E-state index contributed by atoms with van der Waals surface area (Å²) in [6.07, 6.45) is 0. The van der Waals surface area contributed by atoms with Gasteiger partial charge in [-0.1, -0.05) is 23.4 Å². The standard InChI is InChI=1S/C23H24N8O4S/c1-4-34-18-11-10-15(12-19(18)33-3)14(2)25-27-23(32)20-17(13-36-16-8-6-5-7-9-16)31(30-26-20)22-21(24)28-35-29-22/h5-12H,4,13H2,1-3H3,(H2,24,28)(H,27,32). The van der Waals surface area contributed by atoms with Crippen LogP contribution in [0.5, 0.6) is 11.5 Å². The molecule has 2 heterocycles. The molecule has 0 fully saturated rings. The monoisotopic (exact) mass is 508 g/mol. The van der Waals surface area contributed by atoms with Gasteiger partial charge in [0.25, 0.3) is 5.91 Å². The Hall–Kier alpha value is -4.39. The molecule has 0 aliphatic rings. The van der Waals surface area contributed by atoms with Gasteiger partial charge in [-0.2, -0.15) is 9.78 Å². The quantitative estimate of drug-likeness (QED) is 0.185. The van der Waals surface area contributed by atoms with Gasteiger partial charge in [-0.25, -0.2) is 10.1 Å². The van der Waals surface area contributed by atoms with Crippen LogP contribution in [0.4, 0.5) is 5.82 Å². The number of aromatic nitrogens is 5. The number of amides is 1. The van der Waals surface area contributed by atoms with Crippen LogP contribution in [0.3, 0.4) is 0 Å². The molecule has 0 radical (unpaired) electrons. The van der Waals surface area contributed by atoms with E-state index in [0.29, 0.717) is 35.3 Å². The molecule has 12 nitrogen and oxygen atoms in total. The zero-order valence-electron chi connectivity index (χ0n) is 19.8. The Kier molecular flexibility index (Phi) is 7.80. The second kappa shape index (κ2) is 11.4. The topological polar surface area (TPSA) is 156 Å². The number of ether oxygens (including phenoxy) is 2. The van der Waals surface area contributed by atoms with Crippen molar-refractivity contribution in [2.75, 3.05) is 19.5 Å². The molecule has 186 valence electrons. The molecule has 0 bridgehead atoms. The van der Waals surface area contributed by atoms with E-state index in [2.05, 4.69) is 31.2 Å². The number of thioether (sulfide) groups is 1. The van der Waals surface area contributed by atoms with Gasteiger partial charge in [0.05, 0.1) is 25.1 Å². The Balaban J connectivity index is 1.58. The second-order valence-corrected chi connectivity index (χ2v) is 8.36. The summed E-state index contributed by atoms with van der Waals surface area (Å²) in [5.74, 6) is 1.17. The van der Waals surface area contributed by atoms with Crippen molar-refractivity contribution in [1.82, 2.24) is 30.7 Å². The number of hydrazone groups is 1. The number of hydrogen-bond acceptors (Lipinski definition) is 11. The Morgan fingerprint density at radius 1 is 1.19 bits per heavy atom. The molecule has 36 heavy (non-hydrogen) atoms. The molecule has 0 unspecified atom stereocenters. The summed E-state index contributed by atoms with van der Waals surface area (Å²) in [5, 5.41) is 19.7. The van der Waals surface area contributed by atoms with Gasteiger partial charge in [0.2, 0.25) is 11.6 Å². The number of carbonyl (C=O) groups is 1. The lowest BCUT2D eigenvalue weighted by Gasteiger charge is -2.11. The normalized spacial score (nSPS) is 11.4. The number of hydrogen-bond donors (Lipinski definition) is 2. The lowest BCUT2D eigenvalue weighted by atomic mass is 10.1. The van der Waals surface area contributed by atoms with E-state index in [1.165, 1.54) is 16.4 Å². The minimum atomic E-state index is -0.544. The Bertz CT molecular complexity index is 1370. The number of anilines is 1. The molecule has 2 aromatic heterocycles. The molecule has 0 saturated carbocycles. The molecule has 0 spiro atoms. The molecule has 3 N–H and O–H groups in total. The van der Waals surface area contributed by atoms with Crippen molar-refractivity contribution in [3.63, 3.8) is 0 Å². The lowest BCUT2D eigenvalue weighted by Crippen LogP contribution is -2.21. The average Bonchev–Trinajstić information content (AvgIpc) is 3.52. The Morgan fingerprint density at radius 2 is 2.00 bits per heavy atom. The predicted molar refractivity (Wildman–Crippen MR) is 133 cm³/mol. The summed E-state index contributed by atoms with van der Waals surface area (Å²) < 4.78 is 17.0. The van der Waals surface area contributed by atoms with Gasteiger partial charge in [0.15, 0.2) is 17.2 Å². The second-order valence-electron chi connectivity index (χ2n) is 7.31. The maximum absolute atomic E-state index is 13.1. The zero-order valence-corrected chi connectivity index (χ0v) is 20.7. The number of nitrogens with one attached hydrogen (secondary N) is 1. The SMILES string of the molecule is CCOc1ccc(C(C)=NNC(=O)c2nnn(-c3nonc3N)c2CSc2ccccc2)cc1OC. The first-order chi connectivity index (χ1) is 17.5. The Morgan fingerprint density at radius 3 is 2.69 bits per heavy atom. The molecule has 2 aromatic carbocycles. The van der Waals surface area contributed by atoms with Crippen molar-refractivity contribution < 1.29 is 18.9 Å². The number of rotatable bonds is 10. The third-order valence-electron chi connectivity index (χ3n) is 5.00. The highest BCUT2D eigenvalue weighted by Crippen LogP contribution is 2.28. The van der Waals surface area contributed by atoms with E-state index < -0.39 is 5.91 Å². The molecular weight excluding hydrogens is 484 g/mol. The van der Waals surface area contributed by atoms with E-state index in [-0.39, 0.29) is 17.3 Å². The van der Waals surface area contributed by atoms with Crippen LogP contribution in [0.25, 0.3) is 5.82 Å². The zero-order chi connectivity index (χ0) is 25.5. The predicted octanol–water partition coefficient (Wildman–Crippen LogP) is 3.09. The summed E-state index contributed by atoms with van der Waals surface area (Å²) in [6, 6.07) is 15.1. The molecule has 0 saturated heterocycles. The number of nitrogens with two attached hydrogens (primary N) is 1. The van der Waals surface area contributed by atoms with E-state index in [1.54, 1.807) is 26.2 Å². The van der Waals surface area contributed by atoms with Gasteiger partial charge in [-0.15, -0.1) is 16.9 Å². The van der Waals surface area contributed by atoms with Crippen molar-refractivity contribution in [2.24, 2.45) is 5.10 Å². The smallest absolute Gasteiger partial charge is 0.293 e. The summed E-state index contributed by atoms with van der Waals surface area (Å²) in [4.78, 5) is 14.1. The summed E-state index contributed by atoms with van der Waals surface area (Å²) >= 11 is 1.50. The molecule has 13 heteroatoms. The number of nitrogen functional groups attached to an aromatic ring is 1. The van der Waals surface area contributed by atoms with Gasteiger partial charge in [0, 0.05) is 16.2 Å². The molecule has 4 aromatic rings. The van der Waals surface area contributed by atoms with Crippen LogP contribution < -0.4 is 20.6 Å². The highest BCUT2D eigenvalue weighted by Gasteiger charge is 2.24. The van der Waals surface area contributed by atoms with E-state index in [0.717, 1.165) is 10.5 Å². The highest BCUT2D eigenvalue weighted by molar-refractivity contribution is 7.98. The molecule has 1 amide bonds. The summed E-state index contributed by atoms with van der Waals surface area (Å²) in [7, 11) is 1.56. The van der Waals surface area contributed by atoms with Crippen LogP contribution >= 0.6 is 11.8 Å². The van der Waals surface area contributed by atoms with Crippen LogP contribution in [-0.4, -0.2) is 50.6 Å². The van der Waals surface area contributed by atoms with Gasteiger partial charge < -0.3 is 15.2 Å². The minimum Gasteiger partial charge on any atom is -0.493 e. The fourth-order valence-electron chi connectivity index (χ4n) is 3.20. The first-order valence-corrected chi connectivity index (χ1v) is 11.9. The number of carbonyl (C=O) groups excluding carboxylic acids is 1. The van der Waals surface area contributed by atoms with Gasteiger partial charge in [-0.3, -0.25) is 4.79 Å². The Labute approximate surface area is 210 Å². The van der Waals surface area contributed by atoms with Crippen molar-refractivity contribution >= 4 is 29.2 Å². The van der Waals surface area contributed by atoms with Crippen molar-refractivity contribution in [2.45, 2.75) is 24.5 Å². The number of nitrogens with zero attached hydrogens (tertiary/aromatic N) is 6. The largest absolute Gasteiger partial charge is 0.493 e. The van der Waals surface area contributed by atoms with E-state index in [1.807, 2.05) is 43.3 Å². The van der Waals surface area contributed by atoms with Crippen molar-refractivity contribution in [1.29, 1.82) is 0 Å². The summed E-state index contributed by atoms with van der Waals surface area (Å²) in [5.41, 5.74) is 10.2. The third kappa shape index (κ3) is 5.46. The fraction of sp³-hybridized carbons (Fsp3) is 0.217. The lowest BCUT2D eigenvalue weighted by molar-refractivity contribution is 0.0949. The van der Waals surface area contributed by atoms with Crippen molar-refractivity contribution in [3.8, 4) is 17.3 Å². The minimum absolute atomic E-state index is 0.0242. The number of methoxy groups -OCH3 is 1. The van der Waals surface area contributed by atoms with Crippen LogP contribution in [0, 0.1) is 0 Å². The first-order valence-electron chi connectivity index (χ1n) is 10.9. The first kappa shape index (κ1) is 24.7. The summed E-state index contributed by atoms with van der Waals surface area (Å²) in [6.45, 7) is 4.17. The van der Waals surface area contributed by atoms with E-state index in [9.17, 15) is 4.79 Å².